The van der Waals surface area contributed by atoms with Gasteiger partial charge < -0.3 is 14.6 Å². The van der Waals surface area contributed by atoms with Crippen LogP contribution in [0.1, 0.15) is 19.3 Å². The van der Waals surface area contributed by atoms with Crippen molar-refractivity contribution in [1.29, 1.82) is 0 Å². The smallest absolute Gasteiger partial charge is 0.417 e. The number of carbonyl (C=O) groups excluding carboxylic acids is 1. The molecule has 0 bridgehead atoms. The summed E-state index contributed by atoms with van der Waals surface area (Å²) in [6.45, 7) is 2.92. The van der Waals surface area contributed by atoms with Crippen LogP contribution in [-0.4, -0.2) is 54.3 Å². The van der Waals surface area contributed by atoms with E-state index in [1.165, 1.54) is 5.56 Å². The standard InChI is InChI=1S/C22H25NO5/c24-21(25)22(26)28-20-8-4-13-23(16-20)14-5-15-27-19-11-9-18(10-12-19)17-6-2-1-3-7-17/h1-3,6-7,9-12,20H,4-5,8,13-16H2,(H,24,25). The fraction of sp³-hybridized carbons (Fsp3) is 0.364. The maximum atomic E-state index is 11.2. The summed E-state index contributed by atoms with van der Waals surface area (Å²) in [6.07, 6.45) is 2.10. The SMILES string of the molecule is O=C(O)C(=O)OC1CCCN(CCCOc2ccc(-c3ccccc3)cc2)C1. The first-order valence-electron chi connectivity index (χ1n) is 9.56. The van der Waals surface area contributed by atoms with Gasteiger partial charge in [0.05, 0.1) is 6.61 Å². The number of nitrogens with zero attached hydrogens (tertiary/aromatic N) is 1. The van der Waals surface area contributed by atoms with Gasteiger partial charge in [-0.15, -0.1) is 0 Å². The molecule has 148 valence electrons. The highest BCUT2D eigenvalue weighted by Crippen LogP contribution is 2.22. The second-order valence-corrected chi connectivity index (χ2v) is 6.87. The van der Waals surface area contributed by atoms with Gasteiger partial charge in [-0.05, 0) is 49.1 Å². The van der Waals surface area contributed by atoms with Gasteiger partial charge in [-0.25, -0.2) is 9.59 Å². The molecule has 1 fully saturated rings. The number of rotatable bonds is 7. The topological polar surface area (TPSA) is 76.1 Å². The van der Waals surface area contributed by atoms with Crippen LogP contribution in [0.2, 0.25) is 0 Å². The van der Waals surface area contributed by atoms with Crippen LogP contribution in [0.3, 0.4) is 0 Å². The Kier molecular flexibility index (Phi) is 7.03. The average molecular weight is 383 g/mol. The second-order valence-electron chi connectivity index (χ2n) is 6.87. The molecular formula is C22H25NO5. The molecule has 1 aliphatic heterocycles. The fourth-order valence-electron chi connectivity index (χ4n) is 3.37. The van der Waals surface area contributed by atoms with Gasteiger partial charge >= 0.3 is 11.9 Å². The van der Waals surface area contributed by atoms with E-state index in [0.29, 0.717) is 19.6 Å². The largest absolute Gasteiger partial charge is 0.494 e. The monoisotopic (exact) mass is 383 g/mol. The molecule has 0 spiro atoms. The number of esters is 1. The molecular weight excluding hydrogens is 358 g/mol. The zero-order valence-corrected chi connectivity index (χ0v) is 15.8. The lowest BCUT2D eigenvalue weighted by atomic mass is 10.1. The van der Waals surface area contributed by atoms with Crippen molar-refractivity contribution in [2.24, 2.45) is 0 Å². The molecule has 2 aromatic carbocycles. The van der Waals surface area contributed by atoms with Gasteiger partial charge in [0.15, 0.2) is 0 Å². The predicted molar refractivity (Wildman–Crippen MR) is 105 cm³/mol. The van der Waals surface area contributed by atoms with Crippen LogP contribution in [0.15, 0.2) is 54.6 Å². The summed E-state index contributed by atoms with van der Waals surface area (Å²) < 4.78 is 10.8. The first kappa shape index (κ1) is 19.9. The molecule has 2 aromatic rings. The predicted octanol–water partition coefficient (Wildman–Crippen LogP) is 3.21. The molecule has 6 nitrogen and oxygen atoms in total. The molecule has 1 N–H and O–H groups in total. The van der Waals surface area contributed by atoms with Crippen molar-refractivity contribution in [3.05, 3.63) is 54.6 Å². The molecule has 0 amide bonds. The lowest BCUT2D eigenvalue weighted by Crippen LogP contribution is -2.42. The Bertz CT molecular complexity index is 775. The summed E-state index contributed by atoms with van der Waals surface area (Å²) in [5.74, 6) is -1.87. The van der Waals surface area contributed by atoms with Gasteiger partial charge in [-0.2, -0.15) is 0 Å². The Morgan fingerprint density at radius 1 is 1.04 bits per heavy atom. The third-order valence-corrected chi connectivity index (χ3v) is 4.76. The molecule has 6 heteroatoms. The minimum absolute atomic E-state index is 0.344. The third kappa shape index (κ3) is 5.82. The van der Waals surface area contributed by atoms with Gasteiger partial charge in [-0.3, -0.25) is 4.90 Å². The van der Waals surface area contributed by atoms with Crippen LogP contribution in [0.25, 0.3) is 11.1 Å². The molecule has 0 aromatic heterocycles. The van der Waals surface area contributed by atoms with Gasteiger partial charge in [-0.1, -0.05) is 42.5 Å². The van der Waals surface area contributed by atoms with Crippen molar-refractivity contribution < 1.29 is 24.2 Å². The van der Waals surface area contributed by atoms with Crippen LogP contribution in [-0.2, 0) is 14.3 Å². The van der Waals surface area contributed by atoms with E-state index in [1.807, 2.05) is 30.3 Å². The number of likely N-dealkylation sites (tertiary alicyclic amines) is 1. The quantitative estimate of drug-likeness (QED) is 0.449. The molecule has 3 rings (SSSR count). The molecule has 28 heavy (non-hydrogen) atoms. The summed E-state index contributed by atoms with van der Waals surface area (Å²) in [5, 5.41) is 8.64. The number of carbonyl (C=O) groups is 2. The van der Waals surface area contributed by atoms with Crippen molar-refractivity contribution in [2.45, 2.75) is 25.4 Å². The Hall–Kier alpha value is -2.86. The Balaban J connectivity index is 1.38. The Labute approximate surface area is 164 Å². The van der Waals surface area contributed by atoms with Crippen LogP contribution in [0, 0.1) is 0 Å². The number of ether oxygens (including phenoxy) is 2. The van der Waals surface area contributed by atoms with Crippen molar-refractivity contribution >= 4 is 11.9 Å². The summed E-state index contributed by atoms with van der Waals surface area (Å²) in [7, 11) is 0. The number of hydrogen-bond donors (Lipinski definition) is 1. The lowest BCUT2D eigenvalue weighted by Gasteiger charge is -2.31. The van der Waals surface area contributed by atoms with E-state index in [4.69, 9.17) is 14.6 Å². The van der Waals surface area contributed by atoms with Gasteiger partial charge in [0.2, 0.25) is 0 Å². The van der Waals surface area contributed by atoms with Gasteiger partial charge in [0.25, 0.3) is 0 Å². The first-order chi connectivity index (χ1) is 13.6. The highest BCUT2D eigenvalue weighted by atomic mass is 16.6. The van der Waals surface area contributed by atoms with Crippen LogP contribution < -0.4 is 4.74 Å². The van der Waals surface area contributed by atoms with Crippen molar-refractivity contribution in [2.75, 3.05) is 26.2 Å². The van der Waals surface area contributed by atoms with Crippen molar-refractivity contribution in [3.8, 4) is 16.9 Å². The summed E-state index contributed by atoms with van der Waals surface area (Å²) in [6, 6.07) is 18.3. The lowest BCUT2D eigenvalue weighted by molar-refractivity contribution is -0.169. The fourth-order valence-corrected chi connectivity index (χ4v) is 3.37. The Morgan fingerprint density at radius 2 is 1.75 bits per heavy atom. The highest BCUT2D eigenvalue weighted by molar-refractivity contribution is 6.28. The molecule has 0 saturated carbocycles. The second kappa shape index (κ2) is 9.90. The van der Waals surface area contributed by atoms with Crippen molar-refractivity contribution in [1.82, 2.24) is 4.90 Å². The van der Waals surface area contributed by atoms with E-state index >= 15 is 0 Å². The molecule has 0 aliphatic carbocycles. The molecule has 1 unspecified atom stereocenters. The Morgan fingerprint density at radius 3 is 2.46 bits per heavy atom. The van der Waals surface area contributed by atoms with E-state index < -0.39 is 11.9 Å². The maximum absolute atomic E-state index is 11.2. The van der Waals surface area contributed by atoms with Crippen LogP contribution >= 0.6 is 0 Å². The number of piperidine rings is 1. The van der Waals surface area contributed by atoms with Crippen LogP contribution in [0.4, 0.5) is 0 Å². The molecule has 1 aliphatic rings. The van der Waals surface area contributed by atoms with Gasteiger partial charge in [0, 0.05) is 13.1 Å². The van der Waals surface area contributed by atoms with Crippen molar-refractivity contribution in [3.63, 3.8) is 0 Å². The summed E-state index contributed by atoms with van der Waals surface area (Å²) in [5.41, 5.74) is 2.33. The van der Waals surface area contributed by atoms with E-state index in [1.54, 1.807) is 0 Å². The number of carboxylic acids is 1. The highest BCUT2D eigenvalue weighted by Gasteiger charge is 2.25. The van der Waals surface area contributed by atoms with E-state index in [9.17, 15) is 9.59 Å². The zero-order chi connectivity index (χ0) is 19.8. The zero-order valence-electron chi connectivity index (χ0n) is 15.8. The minimum Gasteiger partial charge on any atom is -0.494 e. The normalized spacial score (nSPS) is 17.1. The maximum Gasteiger partial charge on any atom is 0.417 e. The third-order valence-electron chi connectivity index (χ3n) is 4.76. The molecule has 1 saturated heterocycles. The number of benzene rings is 2. The van der Waals surface area contributed by atoms with E-state index in [0.717, 1.165) is 37.2 Å². The molecule has 1 atom stereocenters. The average Bonchev–Trinajstić information content (AvgIpc) is 2.72. The van der Waals surface area contributed by atoms with Crippen LogP contribution in [0.5, 0.6) is 5.75 Å². The number of hydrogen-bond acceptors (Lipinski definition) is 5. The van der Waals surface area contributed by atoms with E-state index in [-0.39, 0.29) is 6.10 Å². The molecule has 1 heterocycles. The van der Waals surface area contributed by atoms with E-state index in [2.05, 4.69) is 29.2 Å². The minimum atomic E-state index is -1.54. The molecule has 0 radical (unpaired) electrons. The summed E-state index contributed by atoms with van der Waals surface area (Å²) in [4.78, 5) is 24.0. The number of aliphatic carboxylic acids is 1. The van der Waals surface area contributed by atoms with Gasteiger partial charge in [0.1, 0.15) is 11.9 Å². The number of carboxylic acid groups (broad SMARTS) is 1. The first-order valence-corrected chi connectivity index (χ1v) is 9.56. The summed E-state index contributed by atoms with van der Waals surface area (Å²) >= 11 is 0.